The number of hydrogen-bond acceptors (Lipinski definition) is 2. The molecule has 0 amide bonds. The van der Waals surface area contributed by atoms with Gasteiger partial charge in [0.25, 0.3) is 0 Å². The van der Waals surface area contributed by atoms with E-state index in [2.05, 4.69) is 17.3 Å². The van der Waals surface area contributed by atoms with Gasteiger partial charge in [-0.25, -0.2) is 0 Å². The lowest BCUT2D eigenvalue weighted by Crippen LogP contribution is -2.59. The Morgan fingerprint density at radius 3 is 2.85 bits per heavy atom. The topological polar surface area (TPSA) is 15.3 Å². The molecule has 2 saturated carbocycles. The molecule has 2 nitrogen and oxygen atoms in total. The molecular formula is C11H20N2. The van der Waals surface area contributed by atoms with Crippen molar-refractivity contribution in [3.63, 3.8) is 0 Å². The lowest BCUT2D eigenvalue weighted by molar-refractivity contribution is 0.140. The summed E-state index contributed by atoms with van der Waals surface area (Å²) in [5.74, 6) is 2.18. The first-order valence-corrected chi connectivity index (χ1v) is 5.77. The minimum atomic E-state index is 0.814. The molecule has 1 N–H and O–H groups in total. The van der Waals surface area contributed by atoms with Gasteiger partial charge < -0.3 is 10.2 Å². The molecule has 13 heavy (non-hydrogen) atoms. The van der Waals surface area contributed by atoms with Crippen LogP contribution in [0, 0.1) is 11.8 Å². The Morgan fingerprint density at radius 1 is 1.23 bits per heavy atom. The molecule has 0 radical (unpaired) electrons. The predicted octanol–water partition coefficient (Wildman–Crippen LogP) is 1.08. The van der Waals surface area contributed by atoms with E-state index < -0.39 is 0 Å². The molecule has 3 unspecified atom stereocenters. The fraction of sp³-hybridized carbons (Fsp3) is 1.00. The van der Waals surface area contributed by atoms with Gasteiger partial charge in [0.1, 0.15) is 0 Å². The van der Waals surface area contributed by atoms with Crippen molar-refractivity contribution >= 4 is 0 Å². The van der Waals surface area contributed by atoms with Crippen LogP contribution in [0.5, 0.6) is 0 Å². The zero-order chi connectivity index (χ0) is 8.84. The first-order chi connectivity index (χ1) is 6.33. The zero-order valence-electron chi connectivity index (χ0n) is 8.50. The van der Waals surface area contributed by atoms with E-state index in [0.29, 0.717) is 0 Å². The molecule has 3 fully saturated rings. The van der Waals surface area contributed by atoms with E-state index >= 15 is 0 Å². The Morgan fingerprint density at radius 2 is 2.08 bits per heavy atom. The molecule has 3 rings (SSSR count). The maximum atomic E-state index is 3.84. The fourth-order valence-corrected chi connectivity index (χ4v) is 3.22. The lowest BCUT2D eigenvalue weighted by atomic mass is 9.94. The van der Waals surface area contributed by atoms with E-state index in [1.165, 1.54) is 38.8 Å². The molecule has 74 valence electrons. The van der Waals surface area contributed by atoms with Crippen molar-refractivity contribution in [3.05, 3.63) is 0 Å². The third kappa shape index (κ3) is 1.50. The molecule has 0 aromatic heterocycles. The number of likely N-dealkylation sites (tertiary alicyclic amines) is 1. The van der Waals surface area contributed by atoms with Crippen molar-refractivity contribution in [1.29, 1.82) is 0 Å². The van der Waals surface area contributed by atoms with Crippen LogP contribution in [0.2, 0.25) is 0 Å². The third-order valence-corrected chi connectivity index (χ3v) is 4.10. The van der Waals surface area contributed by atoms with Gasteiger partial charge in [-0.3, -0.25) is 0 Å². The highest BCUT2D eigenvalue weighted by molar-refractivity contribution is 5.00. The van der Waals surface area contributed by atoms with Gasteiger partial charge >= 0.3 is 0 Å². The second kappa shape index (κ2) is 2.96. The summed E-state index contributed by atoms with van der Waals surface area (Å²) in [6, 6.07) is 1.70. The number of nitrogens with zero attached hydrogens (tertiary/aromatic N) is 1. The van der Waals surface area contributed by atoms with Crippen LogP contribution in [-0.2, 0) is 0 Å². The molecule has 1 saturated heterocycles. The van der Waals surface area contributed by atoms with Crippen LogP contribution >= 0.6 is 0 Å². The SMILES string of the molecule is CN1CC(NC2CCCC3CC32)C1. The van der Waals surface area contributed by atoms with Crippen LogP contribution in [-0.4, -0.2) is 37.1 Å². The van der Waals surface area contributed by atoms with E-state index in [4.69, 9.17) is 0 Å². The van der Waals surface area contributed by atoms with Crippen molar-refractivity contribution < 1.29 is 0 Å². The van der Waals surface area contributed by atoms with Crippen molar-refractivity contribution in [2.75, 3.05) is 20.1 Å². The van der Waals surface area contributed by atoms with Crippen molar-refractivity contribution in [3.8, 4) is 0 Å². The van der Waals surface area contributed by atoms with Crippen molar-refractivity contribution in [2.24, 2.45) is 11.8 Å². The predicted molar refractivity (Wildman–Crippen MR) is 53.7 cm³/mol. The van der Waals surface area contributed by atoms with Crippen LogP contribution < -0.4 is 5.32 Å². The van der Waals surface area contributed by atoms with Crippen LogP contribution in [0.25, 0.3) is 0 Å². The number of rotatable bonds is 2. The highest BCUT2D eigenvalue weighted by Crippen LogP contribution is 2.49. The molecule has 2 heteroatoms. The summed E-state index contributed by atoms with van der Waals surface area (Å²) >= 11 is 0. The van der Waals surface area contributed by atoms with E-state index in [1.54, 1.807) is 0 Å². The normalized spacial score (nSPS) is 45.5. The Kier molecular flexibility index (Phi) is 1.88. The van der Waals surface area contributed by atoms with Crippen LogP contribution in [0.1, 0.15) is 25.7 Å². The van der Waals surface area contributed by atoms with Gasteiger partial charge in [-0.05, 0) is 31.7 Å². The molecule has 3 aliphatic rings. The summed E-state index contributed by atoms with van der Waals surface area (Å²) < 4.78 is 0. The highest BCUT2D eigenvalue weighted by atomic mass is 15.2. The third-order valence-electron chi connectivity index (χ3n) is 4.10. The second-order valence-electron chi connectivity index (χ2n) is 5.28. The molecule has 0 aromatic rings. The van der Waals surface area contributed by atoms with E-state index in [-0.39, 0.29) is 0 Å². The minimum Gasteiger partial charge on any atom is -0.308 e. The van der Waals surface area contributed by atoms with Gasteiger partial charge in [-0.15, -0.1) is 0 Å². The second-order valence-corrected chi connectivity index (χ2v) is 5.28. The lowest BCUT2D eigenvalue weighted by Gasteiger charge is -2.40. The van der Waals surface area contributed by atoms with Gasteiger partial charge in [0.05, 0.1) is 0 Å². The first kappa shape index (κ1) is 8.25. The van der Waals surface area contributed by atoms with Crippen LogP contribution in [0.15, 0.2) is 0 Å². The first-order valence-electron chi connectivity index (χ1n) is 5.77. The minimum absolute atomic E-state index is 0.814. The molecule has 1 heterocycles. The Hall–Kier alpha value is -0.0800. The number of nitrogens with one attached hydrogen (secondary N) is 1. The standard InChI is InChI=1S/C11H20N2/c1-13-6-9(7-13)12-11-4-2-3-8-5-10(8)11/h8-12H,2-7H2,1H3. The summed E-state index contributed by atoms with van der Waals surface area (Å²) in [7, 11) is 2.21. The van der Waals surface area contributed by atoms with Crippen molar-refractivity contribution in [1.82, 2.24) is 10.2 Å². The average Bonchev–Trinajstić information content (AvgIpc) is 2.81. The van der Waals surface area contributed by atoms with Gasteiger partial charge in [0.15, 0.2) is 0 Å². The molecule has 0 spiro atoms. The van der Waals surface area contributed by atoms with Crippen LogP contribution in [0.3, 0.4) is 0 Å². The van der Waals surface area contributed by atoms with Gasteiger partial charge in [0.2, 0.25) is 0 Å². The summed E-state index contributed by atoms with van der Waals surface area (Å²) in [6.45, 7) is 2.54. The van der Waals surface area contributed by atoms with Crippen molar-refractivity contribution in [2.45, 2.75) is 37.8 Å². The quantitative estimate of drug-likeness (QED) is 0.684. The molecule has 0 aromatic carbocycles. The van der Waals surface area contributed by atoms with Gasteiger partial charge in [0, 0.05) is 25.2 Å². The average molecular weight is 180 g/mol. The van der Waals surface area contributed by atoms with E-state index in [9.17, 15) is 0 Å². The molecule has 0 bridgehead atoms. The van der Waals surface area contributed by atoms with E-state index in [1.807, 2.05) is 0 Å². The number of hydrogen-bond donors (Lipinski definition) is 1. The Bertz CT molecular complexity index is 198. The molecule has 1 aliphatic heterocycles. The number of fused-ring (bicyclic) bond motifs is 1. The fourth-order valence-electron chi connectivity index (χ4n) is 3.22. The Labute approximate surface area is 80.7 Å². The summed E-state index contributed by atoms with van der Waals surface area (Å²) in [5, 5.41) is 3.84. The molecular weight excluding hydrogens is 160 g/mol. The smallest absolute Gasteiger partial charge is 0.0324 e. The van der Waals surface area contributed by atoms with Gasteiger partial charge in [-0.2, -0.15) is 0 Å². The van der Waals surface area contributed by atoms with Gasteiger partial charge in [-0.1, -0.05) is 12.8 Å². The Balaban J connectivity index is 1.49. The summed E-state index contributed by atoms with van der Waals surface area (Å²) in [4.78, 5) is 2.39. The summed E-state index contributed by atoms with van der Waals surface area (Å²) in [5.41, 5.74) is 0. The maximum Gasteiger partial charge on any atom is 0.0324 e. The highest BCUT2D eigenvalue weighted by Gasteiger charge is 2.45. The largest absolute Gasteiger partial charge is 0.308 e. The zero-order valence-corrected chi connectivity index (χ0v) is 8.50. The van der Waals surface area contributed by atoms with E-state index in [0.717, 1.165) is 23.9 Å². The molecule has 3 atom stereocenters. The van der Waals surface area contributed by atoms with Crippen LogP contribution in [0.4, 0.5) is 0 Å². The number of likely N-dealkylation sites (N-methyl/N-ethyl adjacent to an activating group) is 1. The molecule has 2 aliphatic carbocycles. The monoisotopic (exact) mass is 180 g/mol. The maximum absolute atomic E-state index is 3.84. The summed E-state index contributed by atoms with van der Waals surface area (Å²) in [6.07, 6.45) is 5.97.